The van der Waals surface area contributed by atoms with Crippen molar-refractivity contribution < 1.29 is 9.13 Å². The number of hydrogen-bond acceptors (Lipinski definition) is 2. The van der Waals surface area contributed by atoms with Crippen LogP contribution in [0.5, 0.6) is 0 Å². The van der Waals surface area contributed by atoms with Crippen LogP contribution in [0.15, 0.2) is 24.3 Å². The average molecular weight is 223 g/mol. The molecule has 1 saturated heterocycles. The van der Waals surface area contributed by atoms with Gasteiger partial charge in [-0.2, -0.15) is 0 Å². The number of halogens is 1. The summed E-state index contributed by atoms with van der Waals surface area (Å²) < 4.78 is 18.8. The molecule has 1 aliphatic heterocycles. The molecule has 0 aromatic heterocycles. The Hall–Kier alpha value is -0.930. The number of benzene rings is 1. The lowest BCUT2D eigenvalue weighted by Crippen LogP contribution is -2.53. The van der Waals surface area contributed by atoms with Crippen molar-refractivity contribution >= 4 is 0 Å². The highest BCUT2D eigenvalue weighted by Crippen LogP contribution is 2.20. The van der Waals surface area contributed by atoms with Crippen LogP contribution < -0.4 is 5.32 Å². The first-order valence-corrected chi connectivity index (χ1v) is 5.71. The molecular weight excluding hydrogens is 205 g/mol. The minimum atomic E-state index is -0.361. The van der Waals surface area contributed by atoms with Crippen molar-refractivity contribution in [3.63, 3.8) is 0 Å². The summed E-state index contributed by atoms with van der Waals surface area (Å²) >= 11 is 0. The Balaban J connectivity index is 2.03. The van der Waals surface area contributed by atoms with Crippen molar-refractivity contribution in [1.29, 1.82) is 0 Å². The number of nitrogens with one attached hydrogen (secondary N) is 1. The molecule has 16 heavy (non-hydrogen) atoms. The summed E-state index contributed by atoms with van der Waals surface area (Å²) in [5.41, 5.74) is 0.602. The molecule has 0 spiro atoms. The highest BCUT2D eigenvalue weighted by molar-refractivity contribution is 5.18. The normalized spacial score (nSPS) is 30.3. The summed E-state index contributed by atoms with van der Waals surface area (Å²) in [4.78, 5) is 0. The van der Waals surface area contributed by atoms with E-state index in [0.717, 1.165) is 18.7 Å². The van der Waals surface area contributed by atoms with Gasteiger partial charge in [0.2, 0.25) is 0 Å². The molecule has 2 nitrogen and oxygen atoms in total. The van der Waals surface area contributed by atoms with Gasteiger partial charge in [0.15, 0.2) is 0 Å². The molecule has 1 aliphatic rings. The van der Waals surface area contributed by atoms with E-state index >= 15 is 0 Å². The maximum Gasteiger partial charge on any atom is 0.123 e. The summed E-state index contributed by atoms with van der Waals surface area (Å²) in [6.45, 7) is 5.88. The van der Waals surface area contributed by atoms with Crippen molar-refractivity contribution in [2.45, 2.75) is 26.0 Å². The second-order valence-corrected chi connectivity index (χ2v) is 4.83. The van der Waals surface area contributed by atoms with Crippen molar-refractivity contribution in [1.82, 2.24) is 5.32 Å². The van der Waals surface area contributed by atoms with Gasteiger partial charge in [-0.05, 0) is 30.5 Å². The smallest absolute Gasteiger partial charge is 0.123 e. The molecular formula is C13H18FNO. The summed E-state index contributed by atoms with van der Waals surface area (Å²) in [6, 6.07) is 6.69. The quantitative estimate of drug-likeness (QED) is 0.831. The molecule has 1 aromatic rings. The van der Waals surface area contributed by atoms with E-state index in [-0.39, 0.29) is 11.5 Å². The van der Waals surface area contributed by atoms with Crippen molar-refractivity contribution in [3.8, 4) is 0 Å². The molecule has 0 radical (unpaired) electrons. The molecule has 1 fully saturated rings. The summed E-state index contributed by atoms with van der Waals surface area (Å²) in [5.74, 6) is 0.353. The van der Waals surface area contributed by atoms with Gasteiger partial charge >= 0.3 is 0 Å². The monoisotopic (exact) mass is 223 g/mol. The first-order valence-electron chi connectivity index (χ1n) is 5.71. The van der Waals surface area contributed by atoms with Crippen molar-refractivity contribution in [2.75, 3.05) is 13.2 Å². The first kappa shape index (κ1) is 11.6. The fraction of sp³-hybridized carbons (Fsp3) is 0.538. The maximum atomic E-state index is 13.0. The van der Waals surface area contributed by atoms with Crippen LogP contribution in [0.3, 0.4) is 0 Å². The molecule has 0 saturated carbocycles. The Morgan fingerprint density at radius 3 is 3.00 bits per heavy atom. The lowest BCUT2D eigenvalue weighted by Gasteiger charge is -2.38. The van der Waals surface area contributed by atoms with E-state index in [1.54, 1.807) is 12.1 Å². The Labute approximate surface area is 95.8 Å². The Morgan fingerprint density at radius 1 is 1.56 bits per heavy atom. The molecule has 1 aromatic carbocycles. The SMILES string of the molecule is CC1CNC(C)(Cc2cccc(F)c2)OC1. The van der Waals surface area contributed by atoms with E-state index < -0.39 is 0 Å². The fourth-order valence-electron chi connectivity index (χ4n) is 1.98. The first-order chi connectivity index (χ1) is 7.57. The van der Waals surface area contributed by atoms with Gasteiger partial charge in [-0.25, -0.2) is 4.39 Å². The molecule has 2 atom stereocenters. The molecule has 88 valence electrons. The van der Waals surface area contributed by atoms with Gasteiger partial charge in [0.25, 0.3) is 0 Å². The van der Waals surface area contributed by atoms with Crippen LogP contribution in [0.1, 0.15) is 19.4 Å². The van der Waals surface area contributed by atoms with Crippen LogP contribution in [-0.2, 0) is 11.2 Å². The third kappa shape index (κ3) is 2.80. The van der Waals surface area contributed by atoms with Crippen LogP contribution in [0.2, 0.25) is 0 Å². The molecule has 1 N–H and O–H groups in total. The van der Waals surface area contributed by atoms with E-state index in [0.29, 0.717) is 12.3 Å². The lowest BCUT2D eigenvalue weighted by molar-refractivity contribution is -0.0998. The van der Waals surface area contributed by atoms with Crippen molar-refractivity contribution in [2.24, 2.45) is 5.92 Å². The Morgan fingerprint density at radius 2 is 2.38 bits per heavy atom. The van der Waals surface area contributed by atoms with E-state index in [1.807, 2.05) is 13.0 Å². The standard InChI is InChI=1S/C13H18FNO/c1-10-8-15-13(2,16-9-10)7-11-4-3-5-12(14)6-11/h3-6,10,15H,7-9H2,1-2H3. The number of ether oxygens (including phenoxy) is 1. The van der Waals surface area contributed by atoms with E-state index in [2.05, 4.69) is 12.2 Å². The van der Waals surface area contributed by atoms with Gasteiger partial charge < -0.3 is 4.74 Å². The van der Waals surface area contributed by atoms with Gasteiger partial charge in [0.05, 0.1) is 6.61 Å². The minimum absolute atomic E-state index is 0.190. The predicted octanol–water partition coefficient (Wildman–Crippen LogP) is 2.34. The number of rotatable bonds is 2. The van der Waals surface area contributed by atoms with Crippen LogP contribution >= 0.6 is 0 Å². The van der Waals surface area contributed by atoms with Gasteiger partial charge in [0.1, 0.15) is 11.5 Å². The van der Waals surface area contributed by atoms with E-state index in [4.69, 9.17) is 4.74 Å². The molecule has 0 bridgehead atoms. The zero-order valence-electron chi connectivity index (χ0n) is 9.79. The number of hydrogen-bond donors (Lipinski definition) is 1. The highest BCUT2D eigenvalue weighted by atomic mass is 19.1. The molecule has 0 aliphatic carbocycles. The second-order valence-electron chi connectivity index (χ2n) is 4.83. The maximum absolute atomic E-state index is 13.0. The predicted molar refractivity (Wildman–Crippen MR) is 61.6 cm³/mol. The minimum Gasteiger partial charge on any atom is -0.360 e. The van der Waals surface area contributed by atoms with Crippen LogP contribution in [-0.4, -0.2) is 18.9 Å². The van der Waals surface area contributed by atoms with Gasteiger partial charge in [-0.1, -0.05) is 19.1 Å². The Bertz CT molecular complexity index is 359. The summed E-state index contributed by atoms with van der Waals surface area (Å²) in [6.07, 6.45) is 0.692. The van der Waals surface area contributed by atoms with Gasteiger partial charge in [-0.3, -0.25) is 5.32 Å². The lowest BCUT2D eigenvalue weighted by atomic mass is 10.0. The zero-order chi connectivity index (χ0) is 11.6. The van der Waals surface area contributed by atoms with E-state index in [9.17, 15) is 4.39 Å². The van der Waals surface area contributed by atoms with Gasteiger partial charge in [-0.15, -0.1) is 0 Å². The fourth-order valence-corrected chi connectivity index (χ4v) is 1.98. The second kappa shape index (κ2) is 4.52. The van der Waals surface area contributed by atoms with Crippen LogP contribution in [0, 0.1) is 11.7 Å². The molecule has 2 rings (SSSR count). The van der Waals surface area contributed by atoms with Crippen molar-refractivity contribution in [3.05, 3.63) is 35.6 Å². The molecule has 3 heteroatoms. The third-order valence-electron chi connectivity index (χ3n) is 2.94. The summed E-state index contributed by atoms with van der Waals surface area (Å²) in [7, 11) is 0. The molecule has 2 unspecified atom stereocenters. The molecule has 1 heterocycles. The topological polar surface area (TPSA) is 21.3 Å². The summed E-state index contributed by atoms with van der Waals surface area (Å²) in [5, 5.41) is 3.37. The van der Waals surface area contributed by atoms with E-state index in [1.165, 1.54) is 6.07 Å². The Kier molecular flexibility index (Phi) is 3.26. The van der Waals surface area contributed by atoms with Gasteiger partial charge in [0, 0.05) is 13.0 Å². The average Bonchev–Trinajstić information content (AvgIpc) is 2.23. The van der Waals surface area contributed by atoms with Crippen LogP contribution in [0.25, 0.3) is 0 Å². The molecule has 0 amide bonds. The zero-order valence-corrected chi connectivity index (χ0v) is 9.79. The largest absolute Gasteiger partial charge is 0.360 e. The third-order valence-corrected chi connectivity index (χ3v) is 2.94. The highest BCUT2D eigenvalue weighted by Gasteiger charge is 2.29. The van der Waals surface area contributed by atoms with Crippen LogP contribution in [0.4, 0.5) is 4.39 Å².